The number of carbonyl (C=O) groups is 2. The summed E-state index contributed by atoms with van der Waals surface area (Å²) in [6.07, 6.45) is -1.39. The van der Waals surface area contributed by atoms with Crippen LogP contribution in [0.25, 0.3) is 0 Å². The molecule has 0 aliphatic heterocycles. The van der Waals surface area contributed by atoms with Crippen molar-refractivity contribution in [3.8, 4) is 6.01 Å². The molecule has 12 nitrogen and oxygen atoms in total. The largest absolute Gasteiger partial charge is 0.454 e. The zero-order valence-corrected chi connectivity index (χ0v) is 24.7. The van der Waals surface area contributed by atoms with Crippen molar-refractivity contribution in [1.29, 1.82) is 0 Å². The summed E-state index contributed by atoms with van der Waals surface area (Å²) in [6.45, 7) is -1.63. The molecule has 234 valence electrons. The first-order chi connectivity index (χ1) is 20.6. The van der Waals surface area contributed by atoms with Gasteiger partial charge in [0.25, 0.3) is 5.91 Å². The fourth-order valence-electron chi connectivity index (χ4n) is 4.37. The lowest BCUT2D eigenvalue weighted by atomic mass is 10.1. The Morgan fingerprint density at radius 1 is 0.955 bits per heavy atom. The van der Waals surface area contributed by atoms with Crippen LogP contribution in [0.1, 0.15) is 41.6 Å². The highest BCUT2D eigenvalue weighted by atomic mass is 35.5. The smallest absolute Gasteiger partial charge is 0.422 e. The summed E-state index contributed by atoms with van der Waals surface area (Å²) in [4.78, 5) is 37.2. The molecule has 0 bridgehead atoms. The number of hydrogen-bond acceptors (Lipinski definition) is 10. The summed E-state index contributed by atoms with van der Waals surface area (Å²) in [7, 11) is -3.72. The number of benzene rings is 2. The summed E-state index contributed by atoms with van der Waals surface area (Å²) in [6, 6.07) is 12.6. The molecule has 0 unspecified atom stereocenters. The molecule has 0 radical (unpaired) electrons. The molecule has 2 aliphatic carbocycles. The number of alkyl halides is 3. The quantitative estimate of drug-likeness (QED) is 0.225. The minimum Gasteiger partial charge on any atom is -0.454 e. The maximum atomic E-state index is 12.8. The highest BCUT2D eigenvalue weighted by Crippen LogP contribution is 2.48. The fourth-order valence-corrected chi connectivity index (χ4v) is 5.05. The Balaban J connectivity index is 1.27. The molecule has 2 fully saturated rings. The van der Waals surface area contributed by atoms with Gasteiger partial charge >= 0.3 is 12.2 Å². The SMILES string of the molecule is CS(=O)(=O)NC(=O)C1(CNC(=O)c2ccc(Nc3nc(NC4(c5ccc(Cl)cc5)CC4)nc(OCC(F)(F)F)n3)cc2)CC1. The Hall–Kier alpha value is -4.18. The number of hydrogen-bond donors (Lipinski definition) is 4. The standard InChI is InChI=1S/C27H27ClF3N7O5S/c1-44(41,42)38-21(40)25(10-11-25)14-32-20(39)16-2-8-19(9-3-16)33-22-34-23(36-24(35-22)43-15-27(29,30)31)37-26(12-13-26)17-4-6-18(28)7-5-17/h2-9H,10-15H2,1H3,(H,32,39)(H,38,40)(H2,33,34,35,36,37). The van der Waals surface area contributed by atoms with Crippen molar-refractivity contribution in [1.82, 2.24) is 25.0 Å². The molecule has 44 heavy (non-hydrogen) atoms. The van der Waals surface area contributed by atoms with E-state index in [-0.39, 0.29) is 24.0 Å². The van der Waals surface area contributed by atoms with E-state index in [2.05, 4.69) is 30.9 Å². The molecule has 5 rings (SSSR count). The third kappa shape index (κ3) is 8.05. The number of halogens is 4. The number of ether oxygens (including phenoxy) is 1. The maximum absolute atomic E-state index is 12.8. The normalized spacial score (nSPS) is 16.4. The molecule has 1 heterocycles. The zero-order chi connectivity index (χ0) is 31.8. The number of amides is 2. The lowest BCUT2D eigenvalue weighted by Gasteiger charge is -2.19. The average Bonchev–Trinajstić information content (AvgIpc) is 3.87. The van der Waals surface area contributed by atoms with Gasteiger partial charge in [-0.05, 0) is 67.6 Å². The van der Waals surface area contributed by atoms with Crippen LogP contribution in [0.15, 0.2) is 48.5 Å². The number of nitrogens with one attached hydrogen (secondary N) is 4. The van der Waals surface area contributed by atoms with Crippen molar-refractivity contribution in [2.24, 2.45) is 5.41 Å². The van der Waals surface area contributed by atoms with Crippen LogP contribution in [-0.2, 0) is 20.4 Å². The molecule has 0 spiro atoms. The Labute approximate surface area is 255 Å². The minimum atomic E-state index is -4.61. The van der Waals surface area contributed by atoms with Crippen LogP contribution >= 0.6 is 11.6 Å². The van der Waals surface area contributed by atoms with Crippen molar-refractivity contribution < 1.29 is 35.9 Å². The third-order valence-corrected chi connectivity index (χ3v) is 7.89. The number of anilines is 3. The van der Waals surface area contributed by atoms with Crippen molar-refractivity contribution in [2.75, 3.05) is 30.0 Å². The van der Waals surface area contributed by atoms with Crippen LogP contribution in [0.4, 0.5) is 30.8 Å². The summed E-state index contributed by atoms with van der Waals surface area (Å²) in [5, 5.41) is 9.28. The van der Waals surface area contributed by atoms with Gasteiger partial charge in [-0.15, -0.1) is 0 Å². The third-order valence-electron chi connectivity index (χ3n) is 7.08. The molecule has 2 amide bonds. The van der Waals surface area contributed by atoms with Crippen molar-refractivity contribution >= 4 is 51.0 Å². The Morgan fingerprint density at radius 3 is 2.16 bits per heavy atom. The number of rotatable bonds is 12. The molecule has 2 saturated carbocycles. The Kier molecular flexibility index (Phi) is 8.33. The van der Waals surface area contributed by atoms with Crippen LogP contribution in [0.5, 0.6) is 6.01 Å². The molecule has 3 aromatic rings. The number of nitrogens with zero attached hydrogens (tertiary/aromatic N) is 3. The lowest BCUT2D eigenvalue weighted by molar-refractivity contribution is -0.154. The summed E-state index contributed by atoms with van der Waals surface area (Å²) >= 11 is 6.00. The van der Waals surface area contributed by atoms with E-state index in [1.807, 2.05) is 16.9 Å². The second-order valence-electron chi connectivity index (χ2n) is 10.8. The Bertz CT molecular complexity index is 1660. The molecule has 1 aromatic heterocycles. The number of sulfonamides is 1. The van der Waals surface area contributed by atoms with E-state index in [0.29, 0.717) is 23.6 Å². The van der Waals surface area contributed by atoms with Gasteiger partial charge in [0, 0.05) is 22.8 Å². The summed E-state index contributed by atoms with van der Waals surface area (Å²) < 4.78 is 68.0. The van der Waals surface area contributed by atoms with Gasteiger partial charge in [-0.3, -0.25) is 14.3 Å². The van der Waals surface area contributed by atoms with Crippen LogP contribution in [0.3, 0.4) is 0 Å². The predicted molar refractivity (Wildman–Crippen MR) is 154 cm³/mol. The topological polar surface area (TPSA) is 164 Å². The molecular formula is C27H27ClF3N7O5S. The van der Waals surface area contributed by atoms with E-state index in [9.17, 15) is 31.2 Å². The van der Waals surface area contributed by atoms with Crippen molar-refractivity contribution in [3.63, 3.8) is 0 Å². The van der Waals surface area contributed by atoms with Gasteiger partial charge in [0.15, 0.2) is 6.61 Å². The predicted octanol–water partition coefficient (Wildman–Crippen LogP) is 3.90. The first-order valence-electron chi connectivity index (χ1n) is 13.3. The van der Waals surface area contributed by atoms with Gasteiger partial charge in [-0.2, -0.15) is 28.1 Å². The minimum absolute atomic E-state index is 0.00274. The number of carbonyl (C=O) groups excluding carboxylic acids is 2. The molecule has 0 saturated heterocycles. The summed E-state index contributed by atoms with van der Waals surface area (Å²) in [5.74, 6) is -1.25. The lowest BCUT2D eigenvalue weighted by Crippen LogP contribution is -2.42. The van der Waals surface area contributed by atoms with Crippen LogP contribution in [0, 0.1) is 5.41 Å². The highest BCUT2D eigenvalue weighted by Gasteiger charge is 2.50. The van der Waals surface area contributed by atoms with Crippen LogP contribution < -0.4 is 25.4 Å². The molecular weight excluding hydrogens is 627 g/mol. The monoisotopic (exact) mass is 653 g/mol. The fraction of sp³-hybridized carbons (Fsp3) is 0.370. The van der Waals surface area contributed by atoms with Crippen LogP contribution in [-0.4, -0.2) is 60.8 Å². The molecule has 0 atom stereocenters. The highest BCUT2D eigenvalue weighted by molar-refractivity contribution is 7.89. The van der Waals surface area contributed by atoms with E-state index in [0.717, 1.165) is 24.7 Å². The maximum Gasteiger partial charge on any atom is 0.422 e. The van der Waals surface area contributed by atoms with Crippen LogP contribution in [0.2, 0.25) is 5.02 Å². The van der Waals surface area contributed by atoms with Gasteiger partial charge in [0.2, 0.25) is 27.8 Å². The van der Waals surface area contributed by atoms with E-state index in [1.54, 1.807) is 12.1 Å². The van der Waals surface area contributed by atoms with E-state index < -0.39 is 51.6 Å². The van der Waals surface area contributed by atoms with E-state index in [1.165, 1.54) is 24.3 Å². The molecule has 2 aromatic carbocycles. The average molecular weight is 654 g/mol. The van der Waals surface area contributed by atoms with Gasteiger partial charge in [-0.1, -0.05) is 23.7 Å². The van der Waals surface area contributed by atoms with Crippen molar-refractivity contribution in [2.45, 2.75) is 37.4 Å². The second-order valence-corrected chi connectivity index (χ2v) is 12.9. The van der Waals surface area contributed by atoms with Gasteiger partial charge in [0.1, 0.15) is 0 Å². The first kappa shape index (κ1) is 31.3. The first-order valence-corrected chi connectivity index (χ1v) is 15.6. The van der Waals surface area contributed by atoms with Gasteiger partial charge < -0.3 is 20.7 Å². The van der Waals surface area contributed by atoms with Gasteiger partial charge in [-0.25, -0.2) is 8.42 Å². The molecule has 2 aliphatic rings. The van der Waals surface area contributed by atoms with E-state index >= 15 is 0 Å². The second kappa shape index (κ2) is 11.7. The van der Waals surface area contributed by atoms with Gasteiger partial charge in [0.05, 0.1) is 17.2 Å². The zero-order valence-electron chi connectivity index (χ0n) is 23.2. The van der Waals surface area contributed by atoms with E-state index in [4.69, 9.17) is 16.3 Å². The molecule has 4 N–H and O–H groups in total. The number of aromatic nitrogens is 3. The summed E-state index contributed by atoms with van der Waals surface area (Å²) in [5.41, 5.74) is 0.0750. The van der Waals surface area contributed by atoms with Crippen molar-refractivity contribution in [3.05, 3.63) is 64.7 Å². The Morgan fingerprint density at radius 2 is 1.59 bits per heavy atom. The molecule has 17 heteroatoms.